The van der Waals surface area contributed by atoms with Gasteiger partial charge in [0.2, 0.25) is 8.32 Å². The monoisotopic (exact) mass is 422 g/mol. The molecule has 0 spiro atoms. The summed E-state index contributed by atoms with van der Waals surface area (Å²) >= 11 is 0. The van der Waals surface area contributed by atoms with Gasteiger partial charge in [-0.2, -0.15) is 0 Å². The standard InChI is InChI=1S/C23H42O3Si2/c1-13-14-21(26-28(11,12)23(5,6)7)19-17-18(15-16-20(19)24-8)25-27(9,10)22(2,3)4/h13,15-17,21H,1,14H2,2-12H3/t21-/m0/s1. The van der Waals surface area contributed by atoms with Crippen molar-refractivity contribution in [1.29, 1.82) is 0 Å². The summed E-state index contributed by atoms with van der Waals surface area (Å²) < 4.78 is 19.0. The summed E-state index contributed by atoms with van der Waals surface area (Å²) in [6.45, 7) is 26.6. The molecule has 0 aromatic heterocycles. The number of hydrogen-bond donors (Lipinski definition) is 0. The van der Waals surface area contributed by atoms with Gasteiger partial charge in [0.05, 0.1) is 13.2 Å². The van der Waals surface area contributed by atoms with Crippen LogP contribution in [0.25, 0.3) is 0 Å². The van der Waals surface area contributed by atoms with E-state index in [2.05, 4.69) is 80.4 Å². The Bertz CT molecular complexity index is 667. The summed E-state index contributed by atoms with van der Waals surface area (Å²) in [5.41, 5.74) is 1.04. The zero-order chi connectivity index (χ0) is 22.0. The van der Waals surface area contributed by atoms with Gasteiger partial charge >= 0.3 is 0 Å². The minimum Gasteiger partial charge on any atom is -0.543 e. The van der Waals surface area contributed by atoms with Crippen LogP contribution in [0.2, 0.25) is 36.3 Å². The Morgan fingerprint density at radius 1 is 0.964 bits per heavy atom. The number of rotatable bonds is 8. The first kappa shape index (κ1) is 25.0. The second-order valence-electron chi connectivity index (χ2n) is 10.7. The van der Waals surface area contributed by atoms with Crippen molar-refractivity contribution in [2.24, 2.45) is 0 Å². The van der Waals surface area contributed by atoms with E-state index in [1.54, 1.807) is 7.11 Å². The lowest BCUT2D eigenvalue weighted by Crippen LogP contribution is -2.44. The van der Waals surface area contributed by atoms with Crippen molar-refractivity contribution >= 4 is 16.6 Å². The van der Waals surface area contributed by atoms with E-state index in [0.29, 0.717) is 0 Å². The molecule has 1 rings (SSSR count). The van der Waals surface area contributed by atoms with Crippen LogP contribution in [0.15, 0.2) is 30.9 Å². The van der Waals surface area contributed by atoms with Crippen LogP contribution in [0.1, 0.15) is 59.6 Å². The number of benzene rings is 1. The molecule has 160 valence electrons. The molecule has 3 nitrogen and oxygen atoms in total. The number of methoxy groups -OCH3 is 1. The first-order chi connectivity index (χ1) is 12.6. The van der Waals surface area contributed by atoms with Gasteiger partial charge in [0, 0.05) is 5.56 Å². The predicted molar refractivity (Wildman–Crippen MR) is 127 cm³/mol. The van der Waals surface area contributed by atoms with Crippen molar-refractivity contribution in [3.05, 3.63) is 36.4 Å². The van der Waals surface area contributed by atoms with E-state index < -0.39 is 16.6 Å². The molecule has 5 heteroatoms. The Morgan fingerprint density at radius 3 is 1.93 bits per heavy atom. The van der Waals surface area contributed by atoms with E-state index in [-0.39, 0.29) is 16.2 Å². The molecule has 0 amide bonds. The van der Waals surface area contributed by atoms with E-state index in [1.807, 2.05) is 18.2 Å². The van der Waals surface area contributed by atoms with E-state index in [1.165, 1.54) is 0 Å². The maximum absolute atomic E-state index is 6.77. The molecule has 0 aliphatic carbocycles. The zero-order valence-corrected chi connectivity index (χ0v) is 22.0. The molecule has 0 radical (unpaired) electrons. The molecule has 0 aliphatic rings. The molecule has 0 fully saturated rings. The van der Waals surface area contributed by atoms with Gasteiger partial charge in [-0.05, 0) is 60.9 Å². The Morgan fingerprint density at radius 2 is 1.50 bits per heavy atom. The fraction of sp³-hybridized carbons (Fsp3) is 0.652. The van der Waals surface area contributed by atoms with Gasteiger partial charge in [-0.1, -0.05) is 47.6 Å². The van der Waals surface area contributed by atoms with E-state index in [9.17, 15) is 0 Å². The van der Waals surface area contributed by atoms with E-state index in [4.69, 9.17) is 13.6 Å². The summed E-state index contributed by atoms with van der Waals surface area (Å²) in [7, 11) is -2.16. The van der Waals surface area contributed by atoms with Gasteiger partial charge in [-0.25, -0.2) is 0 Å². The molecule has 0 unspecified atom stereocenters. The SMILES string of the molecule is C=CC[C@H](O[Si](C)(C)C(C)(C)C)c1cc(O[Si](C)(C)C(C)(C)C)ccc1OC. The average Bonchev–Trinajstić information content (AvgIpc) is 2.51. The predicted octanol–water partition coefficient (Wildman–Crippen LogP) is 7.72. The van der Waals surface area contributed by atoms with Gasteiger partial charge in [-0.15, -0.1) is 6.58 Å². The average molecular weight is 423 g/mol. The lowest BCUT2D eigenvalue weighted by Gasteiger charge is -2.40. The van der Waals surface area contributed by atoms with Crippen molar-refractivity contribution in [2.45, 2.75) is 90.3 Å². The molecule has 0 aliphatic heterocycles. The Labute approximate surface area is 175 Å². The zero-order valence-electron chi connectivity index (χ0n) is 20.0. The molecule has 1 aromatic carbocycles. The molecular formula is C23H42O3Si2. The fourth-order valence-corrected chi connectivity index (χ4v) is 4.71. The highest BCUT2D eigenvalue weighted by Gasteiger charge is 2.41. The lowest BCUT2D eigenvalue weighted by molar-refractivity contribution is 0.182. The third-order valence-corrected chi connectivity index (χ3v) is 15.2. The minimum atomic E-state index is -1.95. The quantitative estimate of drug-likeness (QED) is 0.317. The molecule has 0 N–H and O–H groups in total. The van der Waals surface area contributed by atoms with Crippen molar-refractivity contribution in [3.8, 4) is 11.5 Å². The molecular weight excluding hydrogens is 380 g/mol. The van der Waals surface area contributed by atoms with Gasteiger partial charge < -0.3 is 13.6 Å². The van der Waals surface area contributed by atoms with Crippen LogP contribution in [-0.4, -0.2) is 23.7 Å². The number of ether oxygens (including phenoxy) is 1. The van der Waals surface area contributed by atoms with Crippen LogP contribution in [-0.2, 0) is 4.43 Å². The van der Waals surface area contributed by atoms with Crippen LogP contribution in [0.5, 0.6) is 11.5 Å². The Hall–Kier alpha value is -1.05. The maximum atomic E-state index is 6.77. The fourth-order valence-electron chi connectivity index (χ4n) is 2.40. The van der Waals surface area contributed by atoms with E-state index in [0.717, 1.165) is 23.5 Å². The summed E-state index contributed by atoms with van der Waals surface area (Å²) in [4.78, 5) is 0. The van der Waals surface area contributed by atoms with Gasteiger partial charge in [0.15, 0.2) is 8.32 Å². The van der Waals surface area contributed by atoms with Crippen molar-refractivity contribution < 1.29 is 13.6 Å². The second-order valence-corrected chi connectivity index (χ2v) is 20.1. The van der Waals surface area contributed by atoms with Gasteiger partial charge in [-0.3, -0.25) is 0 Å². The topological polar surface area (TPSA) is 27.7 Å². The molecule has 0 saturated carbocycles. The van der Waals surface area contributed by atoms with Crippen LogP contribution in [0, 0.1) is 0 Å². The summed E-state index contributed by atoms with van der Waals surface area (Å²) in [6, 6.07) is 6.13. The third-order valence-electron chi connectivity index (χ3n) is 6.35. The van der Waals surface area contributed by atoms with Gasteiger partial charge in [0.1, 0.15) is 11.5 Å². The second kappa shape index (κ2) is 8.76. The highest BCUT2D eigenvalue weighted by atomic mass is 28.4. The highest BCUT2D eigenvalue weighted by molar-refractivity contribution is 6.75. The molecule has 28 heavy (non-hydrogen) atoms. The normalized spacial score (nSPS) is 14.5. The van der Waals surface area contributed by atoms with Crippen molar-refractivity contribution in [3.63, 3.8) is 0 Å². The smallest absolute Gasteiger partial charge is 0.250 e. The summed E-state index contributed by atoms with van der Waals surface area (Å²) in [5, 5.41) is 0.278. The van der Waals surface area contributed by atoms with Crippen molar-refractivity contribution in [2.75, 3.05) is 7.11 Å². The Kier molecular flexibility index (Phi) is 7.82. The van der Waals surface area contributed by atoms with Crippen LogP contribution >= 0.6 is 0 Å². The molecule has 1 aromatic rings. The largest absolute Gasteiger partial charge is 0.543 e. The molecule has 0 saturated heterocycles. The van der Waals surface area contributed by atoms with Crippen LogP contribution in [0.4, 0.5) is 0 Å². The van der Waals surface area contributed by atoms with Crippen LogP contribution in [0.3, 0.4) is 0 Å². The highest BCUT2D eigenvalue weighted by Crippen LogP contribution is 2.44. The summed E-state index contributed by atoms with van der Waals surface area (Å²) in [6.07, 6.45) is 2.58. The molecule has 1 atom stereocenters. The van der Waals surface area contributed by atoms with Crippen LogP contribution < -0.4 is 9.16 Å². The third kappa shape index (κ3) is 5.97. The van der Waals surface area contributed by atoms with Gasteiger partial charge in [0.25, 0.3) is 0 Å². The first-order valence-corrected chi connectivity index (χ1v) is 16.0. The van der Waals surface area contributed by atoms with Crippen molar-refractivity contribution in [1.82, 2.24) is 0 Å². The molecule has 0 bridgehead atoms. The minimum absolute atomic E-state index is 0.0868. The Balaban J connectivity index is 3.35. The first-order valence-electron chi connectivity index (χ1n) is 10.2. The summed E-state index contributed by atoms with van der Waals surface area (Å²) in [5.74, 6) is 1.74. The maximum Gasteiger partial charge on any atom is 0.250 e. The van der Waals surface area contributed by atoms with E-state index >= 15 is 0 Å². The number of hydrogen-bond acceptors (Lipinski definition) is 3. The molecule has 0 heterocycles. The lowest BCUT2D eigenvalue weighted by atomic mass is 10.1.